The molecule has 0 saturated carbocycles. The minimum atomic E-state index is -4.06. The van der Waals surface area contributed by atoms with Gasteiger partial charge >= 0.3 is 5.97 Å². The van der Waals surface area contributed by atoms with Gasteiger partial charge in [0.1, 0.15) is 50.8 Å². The molecule has 0 saturated heterocycles. The van der Waals surface area contributed by atoms with Crippen molar-refractivity contribution < 1.29 is 97.5 Å². The van der Waals surface area contributed by atoms with Crippen LogP contribution < -0.4 is 46.1 Å². The normalized spacial score (nSPS) is 11.9. The minimum Gasteiger partial charge on any atom is -0.506 e. The molecule has 36 heteroatoms. The Morgan fingerprint density at radius 2 is 0.991 bits per heavy atom. The van der Waals surface area contributed by atoms with Crippen LogP contribution in [0.4, 0.5) is 51.7 Å². The van der Waals surface area contributed by atoms with Crippen LogP contribution in [0.3, 0.4) is 0 Å². The van der Waals surface area contributed by atoms with E-state index in [1.807, 2.05) is 0 Å². The Kier molecular flexibility index (Phi) is 30.4. The molecule has 3 atom stereocenters. The van der Waals surface area contributed by atoms with Crippen molar-refractivity contribution in [3.05, 3.63) is 231 Å². The van der Waals surface area contributed by atoms with Crippen molar-refractivity contribution in [1.82, 2.24) is 0 Å². The molecule has 0 spiro atoms. The number of rotatable bonds is 23. The van der Waals surface area contributed by atoms with E-state index in [-0.39, 0.29) is 98.1 Å². The van der Waals surface area contributed by atoms with Gasteiger partial charge in [0.2, 0.25) is 11.8 Å². The molecular formula is C75H65Cl7F4N6O17S2. The minimum absolute atomic E-state index is 0.00682. The molecule has 0 aliphatic rings. The van der Waals surface area contributed by atoms with Crippen molar-refractivity contribution in [2.75, 3.05) is 39.0 Å². The zero-order chi connectivity index (χ0) is 82.4. The molecule has 9 aromatic rings. The second kappa shape index (κ2) is 38.2. The fraction of sp³-hybridized carbons (Fsp3) is 0.187. The lowest BCUT2D eigenvalue weighted by atomic mass is 10.1. The molecule has 0 aromatic heterocycles. The third kappa shape index (κ3) is 22.2. The van der Waals surface area contributed by atoms with E-state index in [0.717, 1.165) is 35.9 Å². The van der Waals surface area contributed by atoms with Gasteiger partial charge < -0.3 is 61.4 Å². The van der Waals surface area contributed by atoms with Crippen molar-refractivity contribution in [3.63, 3.8) is 0 Å². The fourth-order valence-electron chi connectivity index (χ4n) is 10.1. The van der Waals surface area contributed by atoms with E-state index in [4.69, 9.17) is 95.4 Å². The van der Waals surface area contributed by atoms with Crippen molar-refractivity contribution in [3.8, 4) is 34.5 Å². The van der Waals surface area contributed by atoms with Crippen molar-refractivity contribution in [2.24, 2.45) is 0 Å². The molecule has 3 unspecified atom stereocenters. The number of anilines is 6. The summed E-state index contributed by atoms with van der Waals surface area (Å²) < 4.78 is 123. The lowest BCUT2D eigenvalue weighted by Crippen LogP contribution is -2.35. The first-order valence-electron chi connectivity index (χ1n) is 32.4. The highest BCUT2D eigenvalue weighted by atomic mass is 35.5. The van der Waals surface area contributed by atoms with Crippen LogP contribution in [0.5, 0.6) is 34.5 Å². The number of aryl methyl sites for hydroxylation is 3. The number of halogens is 11. The average Bonchev–Trinajstić information content (AvgIpc) is 0.783. The van der Waals surface area contributed by atoms with E-state index in [0.29, 0.717) is 46.2 Å². The Bertz CT molecular complexity index is 5330. The van der Waals surface area contributed by atoms with Crippen LogP contribution in [-0.4, -0.2) is 97.3 Å². The predicted octanol–water partition coefficient (Wildman–Crippen LogP) is 18.1. The maximum atomic E-state index is 14.7. The fourth-order valence-corrected chi connectivity index (χ4v) is 15.3. The second-order valence-electron chi connectivity index (χ2n) is 24.0. The molecular weight excluding hydrogens is 1650 g/mol. The average molecular weight is 1710 g/mol. The SMILES string of the molecule is CC(=O)Oc1ccc(OC(C)C(=O)Nc2cc(O)c(NC(=O)c3c(Cl)c(Cl)c(Cl)c(Cl)c3Cl)cc2Cl)cc1C.CCC(C(=O)Nc1cc(O)c(NC(=O)c2cccc(Cl)c2)cc1F)S(=O)(=O)c1ccc(C)cc1.CCCC(C(=O)Nc1cc(O)c(NC(=O)c2cc(F)c(F)c(F)c2)cc1OC)S(=O)(=O)c1cccc(C)c1. The number of carbonyl (C=O) groups is 7. The van der Waals surface area contributed by atoms with Crippen molar-refractivity contribution in [2.45, 2.75) is 94.1 Å². The van der Waals surface area contributed by atoms with Gasteiger partial charge in [-0.05, 0) is 131 Å². The van der Waals surface area contributed by atoms with Crippen LogP contribution in [0.15, 0.2) is 149 Å². The summed E-state index contributed by atoms with van der Waals surface area (Å²) in [6.45, 7) is 11.3. The molecule has 0 aliphatic heterocycles. The van der Waals surface area contributed by atoms with Gasteiger partial charge in [-0.15, -0.1) is 0 Å². The maximum absolute atomic E-state index is 14.7. The molecule has 9 aromatic carbocycles. The van der Waals surface area contributed by atoms with Crippen LogP contribution in [0.1, 0.15) is 94.7 Å². The standard InChI is InChI=1S/C26H25F3N2O6S.C25H18Cl6N2O6.C24H22ClFN2O5S/c1-4-6-23(38(35,36)16-8-5-7-14(2)9-16)26(34)31-20-12-21(32)19(13-22(20)37-3)30-25(33)15-10-17(27)24(29)18(28)11-15;1-9-6-12(4-5-17(9)39-11(3)34)38-10(2)24(36)32-14-8-16(35)15(7-13(14)26)33-25(37)18-19(27)21(29)23(31)22(30)20(18)28;1-3-22(34(32,33)17-9-7-14(2)8-10-17)24(31)27-19-13-21(29)20(12-18(19)26)28-23(30)15-5-4-6-16(25)11-15/h5,7-13,23,32H,4,6H2,1-3H3,(H,30,33)(H,31,34);4-8,10,35H,1-3H3,(H,32,36)(H,33,37);4-13,22,29H,3H2,1-2H3,(H,27,31)(H,28,30). The molecule has 0 aliphatic carbocycles. The smallest absolute Gasteiger partial charge is 0.308 e. The van der Waals surface area contributed by atoms with E-state index >= 15 is 0 Å². The summed E-state index contributed by atoms with van der Waals surface area (Å²) in [6, 6.07) is 30.1. The molecule has 0 bridgehead atoms. The van der Waals surface area contributed by atoms with E-state index in [2.05, 4.69) is 31.9 Å². The van der Waals surface area contributed by atoms with Gasteiger partial charge in [-0.3, -0.25) is 33.6 Å². The largest absolute Gasteiger partial charge is 0.506 e. The van der Waals surface area contributed by atoms with Crippen LogP contribution >= 0.6 is 81.2 Å². The number of aromatic hydroxyl groups is 3. The number of sulfone groups is 2. The number of phenolic OH excluding ortho intramolecular Hbond substituents is 3. The third-order valence-corrected chi connectivity index (χ3v) is 22.9. The van der Waals surface area contributed by atoms with Crippen LogP contribution in [-0.2, 0) is 38.9 Å². The van der Waals surface area contributed by atoms with Gasteiger partial charge in [0.15, 0.2) is 43.2 Å². The Morgan fingerprint density at radius 1 is 0.477 bits per heavy atom. The summed E-state index contributed by atoms with van der Waals surface area (Å²) in [7, 11) is -6.87. The highest BCUT2D eigenvalue weighted by Crippen LogP contribution is 2.45. The summed E-state index contributed by atoms with van der Waals surface area (Å²) in [6.07, 6.45) is -0.620. The van der Waals surface area contributed by atoms with Crippen molar-refractivity contribution >= 4 is 176 Å². The molecule has 9 N–H and O–H groups in total. The second-order valence-corrected chi connectivity index (χ2v) is 31.0. The van der Waals surface area contributed by atoms with Gasteiger partial charge in [0, 0.05) is 53.4 Å². The Balaban J connectivity index is 0.000000232. The molecule has 0 fully saturated rings. The number of benzene rings is 9. The predicted molar refractivity (Wildman–Crippen MR) is 417 cm³/mol. The molecule has 9 rings (SSSR count). The van der Waals surface area contributed by atoms with Crippen LogP contribution in [0.2, 0.25) is 35.2 Å². The number of hydrogen-bond acceptors (Lipinski definition) is 17. The Hall–Kier alpha value is -10.1. The molecule has 6 amide bonds. The maximum Gasteiger partial charge on any atom is 0.308 e. The first kappa shape index (κ1) is 88.1. The lowest BCUT2D eigenvalue weighted by molar-refractivity contribution is -0.132. The topological polar surface area (TPSA) is 348 Å². The third-order valence-electron chi connectivity index (χ3n) is 15.8. The highest BCUT2D eigenvalue weighted by molar-refractivity contribution is 7.93. The van der Waals surface area contributed by atoms with E-state index in [9.17, 15) is 83.3 Å². The number of methoxy groups -OCH3 is 1. The Morgan fingerprint density at radius 3 is 1.55 bits per heavy atom. The molecule has 0 radical (unpaired) electrons. The number of ether oxygens (including phenoxy) is 3. The van der Waals surface area contributed by atoms with Crippen molar-refractivity contribution in [1.29, 1.82) is 0 Å². The first-order chi connectivity index (χ1) is 52.1. The number of nitrogens with one attached hydrogen (secondary N) is 6. The molecule has 111 heavy (non-hydrogen) atoms. The zero-order valence-electron chi connectivity index (χ0n) is 59.2. The molecule has 586 valence electrons. The van der Waals surface area contributed by atoms with Gasteiger partial charge in [0.05, 0.1) is 86.7 Å². The first-order valence-corrected chi connectivity index (χ1v) is 38.2. The summed E-state index contributed by atoms with van der Waals surface area (Å²) in [5.41, 5.74) is 0.471. The molecule has 0 heterocycles. The van der Waals surface area contributed by atoms with E-state index in [1.165, 1.54) is 70.3 Å². The summed E-state index contributed by atoms with van der Waals surface area (Å²) in [5, 5.41) is 41.8. The van der Waals surface area contributed by atoms with Gasteiger partial charge in [-0.2, -0.15) is 0 Å². The highest BCUT2D eigenvalue weighted by Gasteiger charge is 2.36. The van der Waals surface area contributed by atoms with Crippen LogP contribution in [0, 0.1) is 44.0 Å². The van der Waals surface area contributed by atoms with Crippen LogP contribution in [0.25, 0.3) is 0 Å². The van der Waals surface area contributed by atoms with Gasteiger partial charge in [-0.25, -0.2) is 34.4 Å². The number of amides is 6. The summed E-state index contributed by atoms with van der Waals surface area (Å²) >= 11 is 42.4. The number of carbonyl (C=O) groups excluding carboxylic acids is 7. The number of hydrogen-bond donors (Lipinski definition) is 9. The molecule has 23 nitrogen and oxygen atoms in total. The zero-order valence-corrected chi connectivity index (χ0v) is 66.1. The van der Waals surface area contributed by atoms with Gasteiger partial charge in [-0.1, -0.05) is 137 Å². The number of esters is 1. The Labute approximate surface area is 668 Å². The lowest BCUT2D eigenvalue weighted by Gasteiger charge is -2.19. The quantitative estimate of drug-likeness (QED) is 0.00717. The van der Waals surface area contributed by atoms with E-state index < -0.39 is 129 Å². The van der Waals surface area contributed by atoms with E-state index in [1.54, 1.807) is 82.3 Å². The monoisotopic (exact) mass is 1710 g/mol. The summed E-state index contributed by atoms with van der Waals surface area (Å²) in [5.74, 6) is -12.1. The summed E-state index contributed by atoms with van der Waals surface area (Å²) in [4.78, 5) is 87.3. The van der Waals surface area contributed by atoms with Gasteiger partial charge in [0.25, 0.3) is 23.6 Å². The number of phenols is 3.